The van der Waals surface area contributed by atoms with Crippen LogP contribution < -0.4 is 5.14 Å². The summed E-state index contributed by atoms with van der Waals surface area (Å²) in [6.45, 7) is 1.09. The number of rotatable bonds is 3. The van der Waals surface area contributed by atoms with Gasteiger partial charge in [-0.2, -0.15) is 0 Å². The van der Waals surface area contributed by atoms with Gasteiger partial charge in [-0.05, 0) is 61.2 Å². The first kappa shape index (κ1) is 19.5. The van der Waals surface area contributed by atoms with Crippen LogP contribution in [0.25, 0.3) is 5.57 Å². The van der Waals surface area contributed by atoms with Gasteiger partial charge in [0.15, 0.2) is 0 Å². The number of benzene rings is 2. The van der Waals surface area contributed by atoms with E-state index in [4.69, 9.17) is 8.76 Å². The molecule has 0 heterocycles. The highest BCUT2D eigenvalue weighted by atomic mass is 32.2. The smallest absolute Gasteiger partial charge is 0.0152 e. The number of aryl methyl sites for hydroxylation is 2. The molecule has 25 heavy (non-hydrogen) atoms. The van der Waals surface area contributed by atoms with Gasteiger partial charge in [0.05, 0.1) is 0 Å². The molecule has 5 heteroatoms. The van der Waals surface area contributed by atoms with Crippen molar-refractivity contribution >= 4 is 16.8 Å². The number of fused-ring (bicyclic) bond motifs is 2. The van der Waals surface area contributed by atoms with Crippen molar-refractivity contribution < 1.29 is 8.76 Å². The minimum atomic E-state index is -2.36. The zero-order chi connectivity index (χ0) is 18.2. The third kappa shape index (κ3) is 5.90. The third-order valence-electron chi connectivity index (χ3n) is 4.20. The Labute approximate surface area is 152 Å². The second kappa shape index (κ2) is 9.63. The molecule has 134 valence electrons. The Bertz CT molecular complexity index is 703. The van der Waals surface area contributed by atoms with Crippen LogP contribution in [0.1, 0.15) is 28.7 Å². The van der Waals surface area contributed by atoms with Gasteiger partial charge in [0.1, 0.15) is 0 Å². The molecule has 1 unspecified atom stereocenters. The lowest BCUT2D eigenvalue weighted by molar-refractivity contribution is 0.417. The van der Waals surface area contributed by atoms with Gasteiger partial charge in [-0.25, -0.2) is 0 Å². The Morgan fingerprint density at radius 1 is 1.04 bits per heavy atom. The molecule has 0 amide bonds. The SMILES string of the molecule is CN(C)CCC=C1c2ccccc2CCc2ccccc21.NS(=O)[O-]. The monoisotopic (exact) mass is 357 g/mol. The summed E-state index contributed by atoms with van der Waals surface area (Å²) in [4.78, 5) is 2.24. The van der Waals surface area contributed by atoms with Crippen molar-refractivity contribution in [2.45, 2.75) is 19.3 Å². The van der Waals surface area contributed by atoms with Gasteiger partial charge in [0.25, 0.3) is 0 Å². The number of nitrogens with two attached hydrogens (primary N) is 1. The van der Waals surface area contributed by atoms with Crippen LogP contribution in [0.4, 0.5) is 0 Å². The fourth-order valence-electron chi connectivity index (χ4n) is 3.10. The van der Waals surface area contributed by atoms with E-state index in [0.717, 1.165) is 25.8 Å². The van der Waals surface area contributed by atoms with Gasteiger partial charge < -0.3 is 9.45 Å². The van der Waals surface area contributed by atoms with E-state index in [9.17, 15) is 0 Å². The highest BCUT2D eigenvalue weighted by Gasteiger charge is 2.16. The minimum Gasteiger partial charge on any atom is -0.760 e. The van der Waals surface area contributed by atoms with E-state index in [-0.39, 0.29) is 0 Å². The molecule has 4 nitrogen and oxygen atoms in total. The maximum absolute atomic E-state index is 8.78. The molecule has 0 saturated carbocycles. The second-order valence-electron chi connectivity index (χ2n) is 6.28. The molecular formula is C20H25N2O2S-. The second-order valence-corrected chi connectivity index (χ2v) is 6.81. The van der Waals surface area contributed by atoms with Crippen molar-refractivity contribution in [3.63, 3.8) is 0 Å². The Morgan fingerprint density at radius 3 is 1.92 bits per heavy atom. The summed E-state index contributed by atoms with van der Waals surface area (Å²) in [6.07, 6.45) is 5.78. The first-order chi connectivity index (χ1) is 12.0. The molecule has 0 radical (unpaired) electrons. The van der Waals surface area contributed by atoms with Crippen molar-refractivity contribution in [2.75, 3.05) is 20.6 Å². The highest BCUT2D eigenvalue weighted by Crippen LogP contribution is 2.33. The third-order valence-corrected chi connectivity index (χ3v) is 4.20. The average molecular weight is 357 g/mol. The Morgan fingerprint density at radius 2 is 1.48 bits per heavy atom. The zero-order valence-corrected chi connectivity index (χ0v) is 15.6. The summed E-state index contributed by atoms with van der Waals surface area (Å²) in [7, 11) is 4.26. The molecule has 0 saturated heterocycles. The summed E-state index contributed by atoms with van der Waals surface area (Å²) < 4.78 is 17.6. The first-order valence-electron chi connectivity index (χ1n) is 8.34. The Balaban J connectivity index is 0.000000511. The number of hydrogen-bond donors (Lipinski definition) is 1. The van der Waals surface area contributed by atoms with Crippen LogP contribution >= 0.6 is 0 Å². The summed E-state index contributed by atoms with van der Waals surface area (Å²) in [6, 6.07) is 17.7. The van der Waals surface area contributed by atoms with E-state index in [1.807, 2.05) is 0 Å². The lowest BCUT2D eigenvalue weighted by Gasteiger charge is -2.13. The summed E-state index contributed by atoms with van der Waals surface area (Å²) in [5.74, 6) is 0. The van der Waals surface area contributed by atoms with Crippen LogP contribution in [-0.2, 0) is 24.1 Å². The Kier molecular flexibility index (Phi) is 7.52. The van der Waals surface area contributed by atoms with Crippen LogP contribution in [-0.4, -0.2) is 34.3 Å². The molecule has 0 fully saturated rings. The molecule has 0 aliphatic heterocycles. The normalized spacial score (nSPS) is 13.9. The molecule has 1 aliphatic rings. The van der Waals surface area contributed by atoms with Crippen molar-refractivity contribution in [3.8, 4) is 0 Å². The van der Waals surface area contributed by atoms with Gasteiger partial charge in [0.2, 0.25) is 0 Å². The van der Waals surface area contributed by atoms with E-state index in [2.05, 4.69) is 78.7 Å². The van der Waals surface area contributed by atoms with Gasteiger partial charge in [-0.1, -0.05) is 54.6 Å². The van der Waals surface area contributed by atoms with Crippen molar-refractivity contribution in [1.29, 1.82) is 0 Å². The van der Waals surface area contributed by atoms with E-state index >= 15 is 0 Å². The fourth-order valence-corrected chi connectivity index (χ4v) is 3.10. The van der Waals surface area contributed by atoms with Crippen LogP contribution in [0.3, 0.4) is 0 Å². The van der Waals surface area contributed by atoms with Crippen molar-refractivity contribution in [1.82, 2.24) is 4.90 Å². The molecule has 2 aromatic rings. The maximum atomic E-state index is 8.78. The summed E-state index contributed by atoms with van der Waals surface area (Å²) in [5.41, 5.74) is 7.21. The predicted molar refractivity (Wildman–Crippen MR) is 104 cm³/mol. The van der Waals surface area contributed by atoms with E-state index < -0.39 is 11.3 Å². The number of nitrogens with zero attached hydrogens (tertiary/aromatic N) is 1. The van der Waals surface area contributed by atoms with Crippen LogP contribution in [0.15, 0.2) is 54.6 Å². The molecule has 1 aliphatic carbocycles. The predicted octanol–water partition coefficient (Wildman–Crippen LogP) is 2.91. The molecule has 3 rings (SSSR count). The minimum absolute atomic E-state index is 1.09. The summed E-state index contributed by atoms with van der Waals surface area (Å²) in [5, 5.41) is 4.03. The Hall–Kier alpha value is -1.79. The van der Waals surface area contributed by atoms with Gasteiger partial charge in [-0.3, -0.25) is 9.35 Å². The van der Waals surface area contributed by atoms with Crippen LogP contribution in [0.5, 0.6) is 0 Å². The molecule has 1 atom stereocenters. The standard InChI is InChI=1S/C20H23N.H3NO2S/c1-21(2)15-7-12-20-18-10-5-3-8-16(18)13-14-17-9-4-6-11-19(17)20;1-4(2)3/h3-6,8-12H,7,13-15H2,1-2H3;1H2,(H,2,3)/p-1. The van der Waals surface area contributed by atoms with Crippen LogP contribution in [0.2, 0.25) is 0 Å². The van der Waals surface area contributed by atoms with Gasteiger partial charge in [-0.15, -0.1) is 0 Å². The van der Waals surface area contributed by atoms with Crippen molar-refractivity contribution in [2.24, 2.45) is 5.14 Å². The van der Waals surface area contributed by atoms with E-state index in [0.29, 0.717) is 0 Å². The number of hydrogen-bond acceptors (Lipinski definition) is 3. The lowest BCUT2D eigenvalue weighted by Crippen LogP contribution is -2.12. The maximum Gasteiger partial charge on any atom is 0.0152 e. The highest BCUT2D eigenvalue weighted by molar-refractivity contribution is 7.76. The van der Waals surface area contributed by atoms with E-state index in [1.165, 1.54) is 27.8 Å². The average Bonchev–Trinajstić information content (AvgIpc) is 2.72. The quantitative estimate of drug-likeness (QED) is 0.859. The molecule has 0 bridgehead atoms. The largest absolute Gasteiger partial charge is 0.760 e. The van der Waals surface area contributed by atoms with Crippen LogP contribution in [0, 0.1) is 0 Å². The molecule has 0 aromatic heterocycles. The first-order valence-corrected chi connectivity index (χ1v) is 9.48. The fraction of sp³-hybridized carbons (Fsp3) is 0.300. The topological polar surface area (TPSA) is 69.4 Å². The summed E-state index contributed by atoms with van der Waals surface area (Å²) >= 11 is -2.36. The molecule has 2 aromatic carbocycles. The lowest BCUT2D eigenvalue weighted by atomic mass is 9.93. The molecule has 2 N–H and O–H groups in total. The molecule has 0 spiro atoms. The molecular weight excluding hydrogens is 332 g/mol. The zero-order valence-electron chi connectivity index (χ0n) is 14.8. The van der Waals surface area contributed by atoms with E-state index in [1.54, 1.807) is 0 Å². The van der Waals surface area contributed by atoms with Gasteiger partial charge in [0, 0.05) is 17.8 Å². The van der Waals surface area contributed by atoms with Crippen molar-refractivity contribution in [3.05, 3.63) is 76.9 Å². The van der Waals surface area contributed by atoms with Gasteiger partial charge >= 0.3 is 0 Å².